The number of rotatable bonds is 3. The summed E-state index contributed by atoms with van der Waals surface area (Å²) in [5, 5.41) is 9.78. The molecule has 2 aromatic rings. The molecular weight excluding hydrogens is 226 g/mol. The van der Waals surface area contributed by atoms with Crippen molar-refractivity contribution in [2.24, 2.45) is 0 Å². The van der Waals surface area contributed by atoms with E-state index in [0.717, 1.165) is 11.3 Å². The van der Waals surface area contributed by atoms with Gasteiger partial charge in [-0.05, 0) is 24.5 Å². The van der Waals surface area contributed by atoms with Crippen LogP contribution in [0.15, 0.2) is 30.3 Å². The highest BCUT2D eigenvalue weighted by Gasteiger charge is 2.11. The third-order valence-corrected chi connectivity index (χ3v) is 2.85. The van der Waals surface area contributed by atoms with Crippen LogP contribution >= 0.6 is 0 Å². The molecule has 0 aliphatic heterocycles. The monoisotopic (exact) mass is 243 g/mol. The number of hydrogen-bond donors (Lipinski definition) is 2. The summed E-state index contributed by atoms with van der Waals surface area (Å²) in [6, 6.07) is 9.35. The number of H-pyrrole nitrogens is 1. The standard InChI is InChI=1S/C14H17N3O/c1-9(2)12-8-13(17-16-12)15-14(18)11-7-5-4-6-10(11)3/h4-9H,1-3H3,(H2,15,16,17,18). The van der Waals surface area contributed by atoms with Gasteiger partial charge in [0.05, 0.1) is 0 Å². The van der Waals surface area contributed by atoms with Crippen molar-refractivity contribution in [2.45, 2.75) is 26.7 Å². The second-order valence-electron chi connectivity index (χ2n) is 4.63. The maximum atomic E-state index is 12.0. The van der Waals surface area contributed by atoms with Gasteiger partial charge in [0.25, 0.3) is 5.91 Å². The summed E-state index contributed by atoms with van der Waals surface area (Å²) in [5.41, 5.74) is 2.64. The highest BCUT2D eigenvalue weighted by atomic mass is 16.1. The molecule has 0 aliphatic rings. The molecule has 18 heavy (non-hydrogen) atoms. The van der Waals surface area contributed by atoms with Crippen molar-refractivity contribution in [2.75, 3.05) is 5.32 Å². The van der Waals surface area contributed by atoms with Gasteiger partial charge in [0, 0.05) is 17.3 Å². The number of aromatic amines is 1. The van der Waals surface area contributed by atoms with Crippen LogP contribution in [0.2, 0.25) is 0 Å². The van der Waals surface area contributed by atoms with Crippen LogP contribution in [0.3, 0.4) is 0 Å². The number of benzene rings is 1. The number of amides is 1. The molecule has 0 fully saturated rings. The third-order valence-electron chi connectivity index (χ3n) is 2.85. The van der Waals surface area contributed by atoms with Crippen LogP contribution < -0.4 is 5.32 Å². The van der Waals surface area contributed by atoms with Crippen molar-refractivity contribution in [1.82, 2.24) is 10.2 Å². The van der Waals surface area contributed by atoms with Crippen LogP contribution in [-0.2, 0) is 0 Å². The Bertz CT molecular complexity index is 558. The minimum absolute atomic E-state index is 0.130. The Labute approximate surface area is 106 Å². The van der Waals surface area contributed by atoms with E-state index in [1.807, 2.05) is 31.2 Å². The second-order valence-corrected chi connectivity index (χ2v) is 4.63. The summed E-state index contributed by atoms with van der Waals surface area (Å²) in [7, 11) is 0. The molecule has 0 spiro atoms. The van der Waals surface area contributed by atoms with E-state index in [1.54, 1.807) is 6.07 Å². The summed E-state index contributed by atoms with van der Waals surface area (Å²) < 4.78 is 0. The van der Waals surface area contributed by atoms with Gasteiger partial charge in [0.1, 0.15) is 0 Å². The van der Waals surface area contributed by atoms with E-state index in [0.29, 0.717) is 17.3 Å². The van der Waals surface area contributed by atoms with Gasteiger partial charge in [-0.15, -0.1) is 0 Å². The van der Waals surface area contributed by atoms with Crippen LogP contribution in [0.4, 0.5) is 5.82 Å². The minimum Gasteiger partial charge on any atom is -0.305 e. The van der Waals surface area contributed by atoms with Gasteiger partial charge in [-0.25, -0.2) is 0 Å². The van der Waals surface area contributed by atoms with Crippen LogP contribution in [0.1, 0.15) is 41.4 Å². The molecule has 4 nitrogen and oxygen atoms in total. The largest absolute Gasteiger partial charge is 0.305 e. The molecule has 0 atom stereocenters. The van der Waals surface area contributed by atoms with Crippen LogP contribution in [0.25, 0.3) is 0 Å². The quantitative estimate of drug-likeness (QED) is 0.870. The zero-order valence-corrected chi connectivity index (χ0v) is 10.8. The normalized spacial score (nSPS) is 10.7. The second kappa shape index (κ2) is 5.04. The maximum Gasteiger partial charge on any atom is 0.257 e. The molecule has 0 unspecified atom stereocenters. The number of aryl methyl sites for hydroxylation is 1. The Kier molecular flexibility index (Phi) is 3.46. The van der Waals surface area contributed by atoms with E-state index >= 15 is 0 Å². The molecule has 0 bridgehead atoms. The zero-order valence-electron chi connectivity index (χ0n) is 10.8. The minimum atomic E-state index is -0.130. The first-order valence-corrected chi connectivity index (χ1v) is 6.00. The number of carbonyl (C=O) groups is 1. The lowest BCUT2D eigenvalue weighted by molar-refractivity contribution is 0.102. The van der Waals surface area contributed by atoms with Crippen molar-refractivity contribution in [3.05, 3.63) is 47.2 Å². The Morgan fingerprint density at radius 2 is 2.06 bits per heavy atom. The molecular formula is C14H17N3O. The lowest BCUT2D eigenvalue weighted by atomic mass is 10.1. The van der Waals surface area contributed by atoms with Gasteiger partial charge >= 0.3 is 0 Å². The number of aromatic nitrogens is 2. The zero-order chi connectivity index (χ0) is 13.1. The van der Waals surface area contributed by atoms with E-state index in [4.69, 9.17) is 0 Å². The van der Waals surface area contributed by atoms with Crippen molar-refractivity contribution < 1.29 is 4.79 Å². The number of carbonyl (C=O) groups excluding carboxylic acids is 1. The van der Waals surface area contributed by atoms with Crippen molar-refractivity contribution in [1.29, 1.82) is 0 Å². The number of nitrogens with one attached hydrogen (secondary N) is 2. The lowest BCUT2D eigenvalue weighted by Gasteiger charge is -2.04. The first-order valence-electron chi connectivity index (χ1n) is 6.00. The van der Waals surface area contributed by atoms with Crippen LogP contribution in [0.5, 0.6) is 0 Å². The van der Waals surface area contributed by atoms with E-state index in [1.165, 1.54) is 0 Å². The van der Waals surface area contributed by atoms with E-state index in [9.17, 15) is 4.79 Å². The van der Waals surface area contributed by atoms with E-state index in [-0.39, 0.29) is 5.91 Å². The highest BCUT2D eigenvalue weighted by molar-refractivity contribution is 6.04. The van der Waals surface area contributed by atoms with Gasteiger partial charge in [0.2, 0.25) is 0 Å². The Hall–Kier alpha value is -2.10. The third kappa shape index (κ3) is 2.59. The molecule has 2 N–H and O–H groups in total. The van der Waals surface area contributed by atoms with Gasteiger partial charge in [-0.2, -0.15) is 5.10 Å². The predicted octanol–water partition coefficient (Wildman–Crippen LogP) is 3.09. The predicted molar refractivity (Wildman–Crippen MR) is 71.8 cm³/mol. The smallest absolute Gasteiger partial charge is 0.257 e. The van der Waals surface area contributed by atoms with Crippen LogP contribution in [0, 0.1) is 6.92 Å². The Morgan fingerprint density at radius 1 is 1.33 bits per heavy atom. The molecule has 94 valence electrons. The topological polar surface area (TPSA) is 57.8 Å². The fourth-order valence-corrected chi connectivity index (χ4v) is 1.71. The number of anilines is 1. The molecule has 0 saturated heterocycles. The molecule has 0 aliphatic carbocycles. The van der Waals surface area contributed by atoms with Gasteiger partial charge in [-0.3, -0.25) is 9.89 Å². The SMILES string of the molecule is Cc1ccccc1C(=O)Nc1cc(C(C)C)[nH]n1. The van der Waals surface area contributed by atoms with E-state index in [2.05, 4.69) is 29.4 Å². The van der Waals surface area contributed by atoms with Gasteiger partial charge < -0.3 is 5.32 Å². The average molecular weight is 243 g/mol. The molecule has 1 aromatic heterocycles. The summed E-state index contributed by atoms with van der Waals surface area (Å²) in [4.78, 5) is 12.0. The lowest BCUT2D eigenvalue weighted by Crippen LogP contribution is -2.13. The van der Waals surface area contributed by atoms with Crippen molar-refractivity contribution >= 4 is 11.7 Å². The fourth-order valence-electron chi connectivity index (χ4n) is 1.71. The average Bonchev–Trinajstić information content (AvgIpc) is 2.78. The molecule has 1 heterocycles. The molecule has 1 aromatic carbocycles. The van der Waals surface area contributed by atoms with Crippen LogP contribution in [-0.4, -0.2) is 16.1 Å². The fraction of sp³-hybridized carbons (Fsp3) is 0.286. The Balaban J connectivity index is 2.14. The molecule has 0 radical (unpaired) electrons. The van der Waals surface area contributed by atoms with Gasteiger partial charge in [-0.1, -0.05) is 32.0 Å². The van der Waals surface area contributed by atoms with Gasteiger partial charge in [0.15, 0.2) is 5.82 Å². The molecule has 2 rings (SSSR count). The highest BCUT2D eigenvalue weighted by Crippen LogP contribution is 2.16. The molecule has 1 amide bonds. The summed E-state index contributed by atoms with van der Waals surface area (Å²) >= 11 is 0. The number of hydrogen-bond acceptors (Lipinski definition) is 2. The molecule has 4 heteroatoms. The van der Waals surface area contributed by atoms with Crippen molar-refractivity contribution in [3.63, 3.8) is 0 Å². The molecule has 0 saturated carbocycles. The number of nitrogens with zero attached hydrogens (tertiary/aromatic N) is 1. The van der Waals surface area contributed by atoms with E-state index < -0.39 is 0 Å². The first-order chi connectivity index (χ1) is 8.58. The van der Waals surface area contributed by atoms with Crippen molar-refractivity contribution in [3.8, 4) is 0 Å². The first kappa shape index (κ1) is 12.4. The summed E-state index contributed by atoms with van der Waals surface area (Å²) in [5.74, 6) is 0.795. The summed E-state index contributed by atoms with van der Waals surface area (Å²) in [6.45, 7) is 6.06. The summed E-state index contributed by atoms with van der Waals surface area (Å²) in [6.07, 6.45) is 0. The maximum absolute atomic E-state index is 12.0. The Morgan fingerprint density at radius 3 is 2.67 bits per heavy atom.